The molecule has 0 saturated heterocycles. The Morgan fingerprint density at radius 2 is 1.60 bits per heavy atom. The fourth-order valence-corrected chi connectivity index (χ4v) is 3.04. The average Bonchev–Trinajstić information content (AvgIpc) is 2.26. The molecule has 0 fully saturated rings. The Morgan fingerprint density at radius 3 is 2.00 bits per heavy atom. The second kappa shape index (κ2) is 7.98. The van der Waals surface area contributed by atoms with Gasteiger partial charge in [0.05, 0.1) is 6.04 Å². The highest BCUT2D eigenvalue weighted by Crippen LogP contribution is 2.15. The topological polar surface area (TPSA) is 51.5 Å². The lowest BCUT2D eigenvalue weighted by molar-refractivity contribution is 0.128. The van der Waals surface area contributed by atoms with E-state index in [0.717, 1.165) is 12.8 Å². The Kier molecular flexibility index (Phi) is 7.86. The maximum atomic E-state index is 7.83. The minimum Gasteiger partial charge on any atom is -0.377 e. The van der Waals surface area contributed by atoms with Crippen LogP contribution in [0.2, 0.25) is 6.04 Å². The van der Waals surface area contributed by atoms with Crippen molar-refractivity contribution < 1.29 is 13.3 Å². The summed E-state index contributed by atoms with van der Waals surface area (Å²) in [6, 6.07) is 0.500. The van der Waals surface area contributed by atoms with E-state index in [0.29, 0.717) is 11.8 Å². The molecule has 0 aliphatic rings. The first kappa shape index (κ1) is 14.8. The molecule has 0 unspecified atom stereocenters. The number of rotatable bonds is 9. The second-order valence-corrected chi connectivity index (χ2v) is 6.48. The van der Waals surface area contributed by atoms with Crippen molar-refractivity contribution in [2.24, 2.45) is 0 Å². The highest BCUT2D eigenvalue weighted by atomic mass is 28.4. The summed E-state index contributed by atoms with van der Waals surface area (Å²) in [6.45, 7) is 2.15. The SMILES string of the molecule is CCCCCC(=N)C[Si](OC)(OC)OC. The molecule has 0 amide bonds. The highest BCUT2D eigenvalue weighted by molar-refractivity contribution is 6.64. The predicted octanol–water partition coefficient (Wildman–Crippen LogP) is 2.46. The third kappa shape index (κ3) is 5.41. The summed E-state index contributed by atoms with van der Waals surface area (Å²) in [5, 5.41) is 7.83. The van der Waals surface area contributed by atoms with Crippen LogP contribution in [0.1, 0.15) is 32.6 Å². The standard InChI is InChI=1S/C10H23NO3Si/c1-5-6-7-8-10(11)9-15(12-2,13-3)14-4/h11H,5-9H2,1-4H3. The van der Waals surface area contributed by atoms with Crippen LogP contribution in [-0.2, 0) is 13.3 Å². The monoisotopic (exact) mass is 233 g/mol. The van der Waals surface area contributed by atoms with Crippen LogP contribution in [0.3, 0.4) is 0 Å². The Balaban J connectivity index is 4.00. The lowest BCUT2D eigenvalue weighted by Gasteiger charge is -2.24. The number of hydrogen-bond acceptors (Lipinski definition) is 4. The lowest BCUT2D eigenvalue weighted by atomic mass is 10.1. The van der Waals surface area contributed by atoms with E-state index in [9.17, 15) is 0 Å². The van der Waals surface area contributed by atoms with Gasteiger partial charge < -0.3 is 18.7 Å². The summed E-state index contributed by atoms with van der Waals surface area (Å²) in [7, 11) is 2.18. The summed E-state index contributed by atoms with van der Waals surface area (Å²) in [4.78, 5) is 0. The zero-order valence-electron chi connectivity index (χ0n) is 10.3. The summed E-state index contributed by atoms with van der Waals surface area (Å²) >= 11 is 0. The normalized spacial score (nSPS) is 11.7. The van der Waals surface area contributed by atoms with Crippen molar-refractivity contribution in [1.82, 2.24) is 0 Å². The average molecular weight is 233 g/mol. The van der Waals surface area contributed by atoms with E-state index in [1.807, 2.05) is 0 Å². The molecule has 0 aromatic heterocycles. The van der Waals surface area contributed by atoms with E-state index in [-0.39, 0.29) is 0 Å². The fraction of sp³-hybridized carbons (Fsp3) is 0.900. The van der Waals surface area contributed by atoms with Crippen LogP contribution >= 0.6 is 0 Å². The van der Waals surface area contributed by atoms with Gasteiger partial charge in [-0.15, -0.1) is 0 Å². The van der Waals surface area contributed by atoms with Crippen molar-refractivity contribution in [2.75, 3.05) is 21.3 Å². The summed E-state index contributed by atoms with van der Waals surface area (Å²) in [5.41, 5.74) is 0.667. The van der Waals surface area contributed by atoms with Crippen molar-refractivity contribution >= 4 is 14.5 Å². The van der Waals surface area contributed by atoms with Gasteiger partial charge in [-0.1, -0.05) is 19.8 Å². The van der Waals surface area contributed by atoms with Crippen LogP contribution in [0.5, 0.6) is 0 Å². The lowest BCUT2D eigenvalue weighted by Crippen LogP contribution is -2.44. The van der Waals surface area contributed by atoms with E-state index in [1.165, 1.54) is 12.8 Å². The highest BCUT2D eigenvalue weighted by Gasteiger charge is 2.38. The van der Waals surface area contributed by atoms with Crippen LogP contribution in [0.4, 0.5) is 0 Å². The van der Waals surface area contributed by atoms with Crippen molar-refractivity contribution in [3.05, 3.63) is 0 Å². The molecule has 0 aromatic carbocycles. The summed E-state index contributed by atoms with van der Waals surface area (Å²) < 4.78 is 15.8. The van der Waals surface area contributed by atoms with Gasteiger partial charge in [0.2, 0.25) is 0 Å². The van der Waals surface area contributed by atoms with Crippen molar-refractivity contribution in [1.29, 1.82) is 5.41 Å². The number of unbranched alkanes of at least 4 members (excludes halogenated alkanes) is 2. The van der Waals surface area contributed by atoms with Gasteiger partial charge in [0, 0.05) is 27.0 Å². The quantitative estimate of drug-likeness (QED) is 0.378. The Morgan fingerprint density at radius 1 is 1.07 bits per heavy atom. The minimum atomic E-state index is -2.57. The van der Waals surface area contributed by atoms with Gasteiger partial charge in [-0.3, -0.25) is 0 Å². The van der Waals surface area contributed by atoms with Crippen molar-refractivity contribution in [3.63, 3.8) is 0 Å². The summed E-state index contributed by atoms with van der Waals surface area (Å²) in [6.07, 6.45) is 4.23. The van der Waals surface area contributed by atoms with Gasteiger partial charge in [-0.25, -0.2) is 0 Å². The molecule has 4 nitrogen and oxygen atoms in total. The molecular formula is C10H23NO3Si. The van der Waals surface area contributed by atoms with Gasteiger partial charge in [0.15, 0.2) is 0 Å². The van der Waals surface area contributed by atoms with E-state index in [4.69, 9.17) is 18.7 Å². The maximum Gasteiger partial charge on any atom is 0.505 e. The van der Waals surface area contributed by atoms with Gasteiger partial charge >= 0.3 is 8.80 Å². The summed E-state index contributed by atoms with van der Waals surface area (Å²) in [5.74, 6) is 0. The van der Waals surface area contributed by atoms with Crippen LogP contribution in [-0.4, -0.2) is 35.8 Å². The largest absolute Gasteiger partial charge is 0.505 e. The molecule has 0 aromatic rings. The molecule has 0 atom stereocenters. The zero-order valence-corrected chi connectivity index (χ0v) is 11.3. The van der Waals surface area contributed by atoms with Gasteiger partial charge in [0.25, 0.3) is 0 Å². The first-order valence-corrected chi connectivity index (χ1v) is 7.29. The molecule has 5 heteroatoms. The predicted molar refractivity (Wildman–Crippen MR) is 63.5 cm³/mol. The van der Waals surface area contributed by atoms with Crippen molar-refractivity contribution in [3.8, 4) is 0 Å². The van der Waals surface area contributed by atoms with Gasteiger partial charge in [-0.05, 0) is 12.8 Å². The fourth-order valence-electron chi connectivity index (χ4n) is 1.40. The molecule has 0 aliphatic carbocycles. The van der Waals surface area contributed by atoms with E-state index in [1.54, 1.807) is 21.3 Å². The molecule has 0 radical (unpaired) electrons. The molecule has 0 aliphatic heterocycles. The zero-order chi connectivity index (χ0) is 11.7. The smallest absolute Gasteiger partial charge is 0.377 e. The first-order chi connectivity index (χ1) is 7.14. The van der Waals surface area contributed by atoms with Crippen molar-refractivity contribution in [2.45, 2.75) is 38.7 Å². The number of nitrogens with one attached hydrogen (secondary N) is 1. The Labute approximate surface area is 93.8 Å². The van der Waals surface area contributed by atoms with Crippen LogP contribution < -0.4 is 0 Å². The maximum absolute atomic E-state index is 7.83. The van der Waals surface area contributed by atoms with E-state index in [2.05, 4.69) is 6.92 Å². The Bertz CT molecular complexity index is 175. The molecule has 0 bridgehead atoms. The van der Waals surface area contributed by atoms with E-state index < -0.39 is 8.80 Å². The molecule has 1 N–H and O–H groups in total. The number of hydrogen-bond donors (Lipinski definition) is 1. The molecular weight excluding hydrogens is 210 g/mol. The molecule has 0 spiro atoms. The van der Waals surface area contributed by atoms with Crippen LogP contribution in [0.25, 0.3) is 0 Å². The van der Waals surface area contributed by atoms with Crippen LogP contribution in [0.15, 0.2) is 0 Å². The second-order valence-electron chi connectivity index (χ2n) is 3.53. The molecule has 15 heavy (non-hydrogen) atoms. The first-order valence-electron chi connectivity index (χ1n) is 5.35. The Hall–Kier alpha value is -0.233. The van der Waals surface area contributed by atoms with Gasteiger partial charge in [-0.2, -0.15) is 0 Å². The van der Waals surface area contributed by atoms with E-state index >= 15 is 0 Å². The third-order valence-corrected chi connectivity index (χ3v) is 5.17. The molecule has 90 valence electrons. The molecule has 0 heterocycles. The molecule has 0 rings (SSSR count). The third-order valence-electron chi connectivity index (χ3n) is 2.45. The molecule has 0 saturated carbocycles. The van der Waals surface area contributed by atoms with Gasteiger partial charge in [0.1, 0.15) is 0 Å². The van der Waals surface area contributed by atoms with Crippen LogP contribution in [0, 0.1) is 5.41 Å². The minimum absolute atomic E-state index is 0.500.